The molecule has 0 amide bonds. The van der Waals surface area contributed by atoms with E-state index in [1.165, 1.54) is 14.0 Å². The van der Waals surface area contributed by atoms with E-state index in [1.807, 2.05) is 0 Å². The first-order chi connectivity index (χ1) is 3.66. The molecule has 0 aliphatic rings. The molecule has 0 bridgehead atoms. The van der Waals surface area contributed by atoms with Crippen molar-refractivity contribution >= 4 is 17.1 Å². The average Bonchev–Trinajstić information content (AvgIpc) is 1.65. The van der Waals surface area contributed by atoms with Gasteiger partial charge in [0.2, 0.25) is 0 Å². The van der Waals surface area contributed by atoms with Crippen molar-refractivity contribution in [3.8, 4) is 0 Å². The minimum atomic E-state index is -1.59. The van der Waals surface area contributed by atoms with Crippen LogP contribution in [0.15, 0.2) is 4.40 Å². The summed E-state index contributed by atoms with van der Waals surface area (Å²) >= 11 is -1.59. The minimum Gasteiger partial charge on any atom is -0.387 e. The third kappa shape index (κ3) is 3.76. The first kappa shape index (κ1) is 7.58. The van der Waals surface area contributed by atoms with Gasteiger partial charge in [-0.05, 0) is 6.92 Å². The third-order valence-corrected chi connectivity index (χ3v) is 1.08. The fraction of sp³-hybridized carbons (Fsp3) is 0.667. The molecule has 0 saturated heterocycles. The molecule has 0 radical (unpaired) electrons. The Morgan fingerprint density at radius 3 is 2.50 bits per heavy atom. The largest absolute Gasteiger partial charge is 0.387 e. The fourth-order valence-electron chi connectivity index (χ4n) is 0.155. The highest BCUT2D eigenvalue weighted by atomic mass is 32.2. The topological polar surface area (TPSA) is 64.7 Å². The van der Waals surface area contributed by atoms with Gasteiger partial charge in [0.1, 0.15) is 5.84 Å². The SMILES string of the molecule is COS(=O)N=C(C)N. The Morgan fingerprint density at radius 1 is 1.88 bits per heavy atom. The molecule has 0 heterocycles. The Morgan fingerprint density at radius 2 is 2.38 bits per heavy atom. The van der Waals surface area contributed by atoms with Crippen molar-refractivity contribution in [3.05, 3.63) is 0 Å². The lowest BCUT2D eigenvalue weighted by Crippen LogP contribution is -2.06. The van der Waals surface area contributed by atoms with Crippen LogP contribution < -0.4 is 5.73 Å². The molecular weight excluding hydrogens is 128 g/mol. The quantitative estimate of drug-likeness (QED) is 0.414. The molecular formula is C3H8N2O2S. The summed E-state index contributed by atoms with van der Waals surface area (Å²) in [5, 5.41) is 0. The zero-order chi connectivity index (χ0) is 6.57. The van der Waals surface area contributed by atoms with E-state index in [9.17, 15) is 4.21 Å². The second-order valence-electron chi connectivity index (χ2n) is 1.12. The third-order valence-electron chi connectivity index (χ3n) is 0.361. The number of nitrogens with two attached hydrogens (primary N) is 1. The highest BCUT2D eigenvalue weighted by Gasteiger charge is 1.88. The van der Waals surface area contributed by atoms with Crippen LogP contribution in [0.25, 0.3) is 0 Å². The van der Waals surface area contributed by atoms with Crippen LogP contribution in [0.3, 0.4) is 0 Å². The molecule has 1 atom stereocenters. The van der Waals surface area contributed by atoms with Crippen LogP contribution in [-0.4, -0.2) is 17.2 Å². The molecule has 0 rings (SSSR count). The van der Waals surface area contributed by atoms with Crippen molar-refractivity contribution in [2.24, 2.45) is 10.1 Å². The van der Waals surface area contributed by atoms with Gasteiger partial charge in [-0.1, -0.05) is 0 Å². The zero-order valence-electron chi connectivity index (χ0n) is 4.75. The summed E-state index contributed by atoms with van der Waals surface area (Å²) in [7, 11) is 1.29. The van der Waals surface area contributed by atoms with Crippen molar-refractivity contribution in [2.75, 3.05) is 7.11 Å². The summed E-state index contributed by atoms with van der Waals surface area (Å²) < 4.78 is 17.8. The van der Waals surface area contributed by atoms with Crippen molar-refractivity contribution < 1.29 is 8.39 Å². The van der Waals surface area contributed by atoms with Crippen molar-refractivity contribution in [2.45, 2.75) is 6.92 Å². The Hall–Kier alpha value is -0.420. The number of rotatable bonds is 2. The van der Waals surface area contributed by atoms with E-state index in [4.69, 9.17) is 5.73 Å². The zero-order valence-corrected chi connectivity index (χ0v) is 5.57. The van der Waals surface area contributed by atoms with Crippen LogP contribution in [0.4, 0.5) is 0 Å². The second-order valence-corrected chi connectivity index (χ2v) is 2.07. The molecule has 4 nitrogen and oxygen atoms in total. The summed E-state index contributed by atoms with van der Waals surface area (Å²) in [6, 6.07) is 0. The van der Waals surface area contributed by atoms with Gasteiger partial charge in [0, 0.05) is 0 Å². The van der Waals surface area contributed by atoms with E-state index < -0.39 is 11.3 Å². The van der Waals surface area contributed by atoms with Crippen LogP contribution in [0, 0.1) is 0 Å². The van der Waals surface area contributed by atoms with Gasteiger partial charge in [-0.15, -0.1) is 4.40 Å². The lowest BCUT2D eigenvalue weighted by molar-refractivity contribution is 0.447. The molecule has 5 heteroatoms. The maximum absolute atomic E-state index is 10.2. The van der Waals surface area contributed by atoms with Crippen molar-refractivity contribution in [1.82, 2.24) is 0 Å². The fourth-order valence-corrected chi connectivity index (χ4v) is 0.465. The molecule has 0 fully saturated rings. The van der Waals surface area contributed by atoms with Gasteiger partial charge in [-0.2, -0.15) is 0 Å². The molecule has 8 heavy (non-hydrogen) atoms. The van der Waals surface area contributed by atoms with E-state index in [-0.39, 0.29) is 5.84 Å². The van der Waals surface area contributed by atoms with Crippen LogP contribution in [-0.2, 0) is 15.4 Å². The highest BCUT2D eigenvalue weighted by molar-refractivity contribution is 7.78. The highest BCUT2D eigenvalue weighted by Crippen LogP contribution is 1.81. The number of amidine groups is 1. The second kappa shape index (κ2) is 3.57. The van der Waals surface area contributed by atoms with Crippen LogP contribution >= 0.6 is 0 Å². The molecule has 0 saturated carbocycles. The van der Waals surface area contributed by atoms with E-state index in [0.29, 0.717) is 0 Å². The minimum absolute atomic E-state index is 0.255. The van der Waals surface area contributed by atoms with Gasteiger partial charge in [-0.25, -0.2) is 4.21 Å². The molecule has 48 valence electrons. The Bertz CT molecular complexity index is 118. The molecule has 1 unspecified atom stereocenters. The lowest BCUT2D eigenvalue weighted by Gasteiger charge is -1.87. The summed E-state index contributed by atoms with van der Waals surface area (Å²) in [5.41, 5.74) is 5.05. The number of hydrogen-bond acceptors (Lipinski definition) is 2. The molecule has 0 aliphatic carbocycles. The molecule has 0 spiro atoms. The predicted molar refractivity (Wildman–Crippen MR) is 32.4 cm³/mol. The van der Waals surface area contributed by atoms with E-state index in [1.54, 1.807) is 0 Å². The smallest absolute Gasteiger partial charge is 0.286 e. The first-order valence-corrected chi connectivity index (χ1v) is 2.97. The Labute approximate surface area is 50.5 Å². The molecule has 0 aromatic carbocycles. The average molecular weight is 136 g/mol. The van der Waals surface area contributed by atoms with Crippen LogP contribution in [0.2, 0.25) is 0 Å². The first-order valence-electron chi connectivity index (χ1n) is 1.94. The summed E-state index contributed by atoms with van der Waals surface area (Å²) in [6.45, 7) is 1.54. The van der Waals surface area contributed by atoms with Gasteiger partial charge in [-0.3, -0.25) is 4.18 Å². The predicted octanol–water partition coefficient (Wildman–Crippen LogP) is -0.411. The summed E-state index contributed by atoms with van der Waals surface area (Å²) in [5.74, 6) is 0.255. The normalized spacial score (nSPS) is 16.0. The van der Waals surface area contributed by atoms with Gasteiger partial charge >= 0.3 is 0 Å². The summed E-state index contributed by atoms with van der Waals surface area (Å²) in [6.07, 6.45) is 0. The summed E-state index contributed by atoms with van der Waals surface area (Å²) in [4.78, 5) is 0. The van der Waals surface area contributed by atoms with E-state index in [2.05, 4.69) is 8.58 Å². The van der Waals surface area contributed by atoms with Gasteiger partial charge in [0.25, 0.3) is 11.3 Å². The molecule has 2 N–H and O–H groups in total. The van der Waals surface area contributed by atoms with Crippen molar-refractivity contribution in [3.63, 3.8) is 0 Å². The Kier molecular flexibility index (Phi) is 3.38. The molecule has 0 aromatic heterocycles. The molecule has 0 aromatic rings. The van der Waals surface area contributed by atoms with Gasteiger partial charge < -0.3 is 5.73 Å². The number of nitrogens with zero attached hydrogens (tertiary/aromatic N) is 1. The van der Waals surface area contributed by atoms with Gasteiger partial charge in [0.15, 0.2) is 0 Å². The maximum atomic E-state index is 10.2. The van der Waals surface area contributed by atoms with E-state index in [0.717, 1.165) is 0 Å². The van der Waals surface area contributed by atoms with Crippen LogP contribution in [0.5, 0.6) is 0 Å². The van der Waals surface area contributed by atoms with Gasteiger partial charge in [0.05, 0.1) is 7.11 Å². The number of hydrogen-bond donors (Lipinski definition) is 1. The van der Waals surface area contributed by atoms with Crippen LogP contribution in [0.1, 0.15) is 6.92 Å². The maximum Gasteiger partial charge on any atom is 0.286 e. The van der Waals surface area contributed by atoms with E-state index >= 15 is 0 Å². The standard InChI is InChI=1S/C3H8N2O2S/c1-3(4)5-8(6)7-2/h1-2H3,(H2,4,5). The van der Waals surface area contributed by atoms with Crippen molar-refractivity contribution in [1.29, 1.82) is 0 Å². The Balaban J connectivity index is 3.70. The monoisotopic (exact) mass is 136 g/mol. The molecule has 0 aliphatic heterocycles. The lowest BCUT2D eigenvalue weighted by atomic mass is 10.8.